The summed E-state index contributed by atoms with van der Waals surface area (Å²) in [6.07, 6.45) is 2.38. The van der Waals surface area contributed by atoms with Gasteiger partial charge in [-0.1, -0.05) is 25.1 Å². The number of ether oxygens (including phenoxy) is 1. The van der Waals surface area contributed by atoms with Crippen molar-refractivity contribution in [3.8, 4) is 0 Å². The van der Waals surface area contributed by atoms with Gasteiger partial charge in [0.25, 0.3) is 5.56 Å². The maximum absolute atomic E-state index is 11.4. The van der Waals surface area contributed by atoms with Crippen molar-refractivity contribution in [1.82, 2.24) is 9.97 Å². The van der Waals surface area contributed by atoms with Gasteiger partial charge in [0.15, 0.2) is 5.16 Å². The van der Waals surface area contributed by atoms with E-state index in [0.717, 1.165) is 18.5 Å². The standard InChI is InChI=1S/C11H14N2O3S/c1-2-3-7-6-9(14)13-11(12-7)17-8-4-5-16-10(8)15/h6,8H,2-5H2,1H3,(H,12,13,14)/t8-/m0/s1. The molecule has 2 heterocycles. The molecule has 0 bridgehead atoms. The summed E-state index contributed by atoms with van der Waals surface area (Å²) in [6.45, 7) is 2.49. The lowest BCUT2D eigenvalue weighted by Crippen LogP contribution is -2.14. The molecule has 1 saturated heterocycles. The second kappa shape index (κ2) is 5.35. The summed E-state index contributed by atoms with van der Waals surface area (Å²) in [5.74, 6) is -0.224. The lowest BCUT2D eigenvalue weighted by Gasteiger charge is -2.05. The molecule has 5 nitrogen and oxygen atoms in total. The molecule has 0 aromatic carbocycles. The number of hydrogen-bond acceptors (Lipinski definition) is 5. The van der Waals surface area contributed by atoms with Crippen LogP contribution in [0.25, 0.3) is 0 Å². The molecule has 6 heteroatoms. The Hall–Kier alpha value is -1.30. The molecule has 0 saturated carbocycles. The van der Waals surface area contributed by atoms with Crippen LogP contribution in [-0.4, -0.2) is 27.8 Å². The van der Waals surface area contributed by atoms with Crippen LogP contribution in [0.15, 0.2) is 16.0 Å². The van der Waals surface area contributed by atoms with Crippen LogP contribution in [0.1, 0.15) is 25.5 Å². The molecule has 0 radical (unpaired) electrons. The molecule has 1 aliphatic rings. The van der Waals surface area contributed by atoms with Crippen molar-refractivity contribution < 1.29 is 9.53 Å². The number of carbonyl (C=O) groups is 1. The SMILES string of the molecule is CCCc1cc(=O)[nH]c(S[C@H]2CCOC2=O)n1. The van der Waals surface area contributed by atoms with Crippen LogP contribution in [0.3, 0.4) is 0 Å². The molecule has 1 aromatic heterocycles. The zero-order valence-electron chi connectivity index (χ0n) is 9.56. The van der Waals surface area contributed by atoms with Gasteiger partial charge in [0.2, 0.25) is 0 Å². The quantitative estimate of drug-likeness (QED) is 0.644. The smallest absolute Gasteiger partial charge is 0.319 e. The van der Waals surface area contributed by atoms with Gasteiger partial charge < -0.3 is 9.72 Å². The van der Waals surface area contributed by atoms with Crippen molar-refractivity contribution in [2.24, 2.45) is 0 Å². The molecule has 17 heavy (non-hydrogen) atoms. The van der Waals surface area contributed by atoms with E-state index in [4.69, 9.17) is 4.74 Å². The number of rotatable bonds is 4. The first kappa shape index (κ1) is 12.2. The van der Waals surface area contributed by atoms with Crippen molar-refractivity contribution in [2.45, 2.75) is 36.6 Å². The van der Waals surface area contributed by atoms with Gasteiger partial charge in [0.05, 0.1) is 6.61 Å². The first-order chi connectivity index (χ1) is 8.19. The second-order valence-corrected chi connectivity index (χ2v) is 5.05. The third kappa shape index (κ3) is 3.09. The predicted molar refractivity (Wildman–Crippen MR) is 64.1 cm³/mol. The van der Waals surface area contributed by atoms with E-state index in [1.165, 1.54) is 17.8 Å². The molecular weight excluding hydrogens is 240 g/mol. The number of esters is 1. The minimum absolute atomic E-state index is 0.169. The average Bonchev–Trinajstić information content (AvgIpc) is 2.64. The van der Waals surface area contributed by atoms with Crippen molar-refractivity contribution in [3.63, 3.8) is 0 Å². The van der Waals surface area contributed by atoms with Crippen molar-refractivity contribution in [2.75, 3.05) is 6.61 Å². The summed E-state index contributed by atoms with van der Waals surface area (Å²) < 4.78 is 4.87. The summed E-state index contributed by atoms with van der Waals surface area (Å²) in [5, 5.41) is 0.264. The maximum atomic E-state index is 11.4. The maximum Gasteiger partial charge on any atom is 0.319 e. The number of nitrogens with one attached hydrogen (secondary N) is 1. The van der Waals surface area contributed by atoms with E-state index < -0.39 is 0 Å². The number of thioether (sulfide) groups is 1. The van der Waals surface area contributed by atoms with Crippen molar-refractivity contribution in [3.05, 3.63) is 22.1 Å². The molecule has 0 aliphatic carbocycles. The van der Waals surface area contributed by atoms with Crippen LogP contribution >= 0.6 is 11.8 Å². The topological polar surface area (TPSA) is 72.1 Å². The van der Waals surface area contributed by atoms with E-state index in [0.29, 0.717) is 18.2 Å². The number of carbonyl (C=O) groups excluding carboxylic acids is 1. The summed E-state index contributed by atoms with van der Waals surface area (Å²) in [6, 6.07) is 1.50. The third-order valence-electron chi connectivity index (χ3n) is 2.42. The van der Waals surface area contributed by atoms with E-state index in [9.17, 15) is 9.59 Å². The lowest BCUT2D eigenvalue weighted by atomic mass is 10.2. The fourth-order valence-corrected chi connectivity index (χ4v) is 2.62. The predicted octanol–water partition coefficient (Wildman–Crippen LogP) is 1.13. The number of aromatic nitrogens is 2. The van der Waals surface area contributed by atoms with Gasteiger partial charge in [-0.3, -0.25) is 9.59 Å². The van der Waals surface area contributed by atoms with Crippen LogP contribution in [0, 0.1) is 0 Å². The van der Waals surface area contributed by atoms with Crippen LogP contribution in [-0.2, 0) is 16.0 Å². The largest absolute Gasteiger partial charge is 0.465 e. The lowest BCUT2D eigenvalue weighted by molar-refractivity contribution is -0.137. The Morgan fingerprint density at radius 1 is 1.59 bits per heavy atom. The Balaban J connectivity index is 2.14. The highest BCUT2D eigenvalue weighted by atomic mass is 32.2. The number of nitrogens with zero attached hydrogens (tertiary/aromatic N) is 1. The normalized spacial score (nSPS) is 19.4. The van der Waals surface area contributed by atoms with Crippen molar-refractivity contribution in [1.29, 1.82) is 0 Å². The molecule has 1 aromatic rings. The molecule has 0 amide bonds. The van der Waals surface area contributed by atoms with E-state index in [-0.39, 0.29) is 16.8 Å². The van der Waals surface area contributed by atoms with Gasteiger partial charge in [-0.25, -0.2) is 4.98 Å². The molecule has 2 rings (SSSR count). The number of cyclic esters (lactones) is 1. The van der Waals surface area contributed by atoms with E-state index in [1.807, 2.05) is 6.92 Å². The molecule has 0 spiro atoms. The fraction of sp³-hybridized carbons (Fsp3) is 0.545. The minimum Gasteiger partial charge on any atom is -0.465 e. The van der Waals surface area contributed by atoms with E-state index in [1.54, 1.807) is 0 Å². The Bertz CT molecular complexity index is 472. The van der Waals surface area contributed by atoms with Crippen LogP contribution < -0.4 is 5.56 Å². The van der Waals surface area contributed by atoms with Gasteiger partial charge in [-0.05, 0) is 6.42 Å². The second-order valence-electron chi connectivity index (χ2n) is 3.85. The van der Waals surface area contributed by atoms with Gasteiger partial charge in [0.1, 0.15) is 5.25 Å². The molecular formula is C11H14N2O3S. The Labute approximate surface area is 103 Å². The number of aryl methyl sites for hydroxylation is 1. The average molecular weight is 254 g/mol. The van der Waals surface area contributed by atoms with Crippen LogP contribution in [0.5, 0.6) is 0 Å². The van der Waals surface area contributed by atoms with E-state index in [2.05, 4.69) is 9.97 Å². The zero-order valence-corrected chi connectivity index (χ0v) is 10.4. The molecule has 0 unspecified atom stereocenters. The Morgan fingerprint density at radius 3 is 3.06 bits per heavy atom. The van der Waals surface area contributed by atoms with Gasteiger partial charge >= 0.3 is 5.97 Å². The number of H-pyrrole nitrogens is 1. The zero-order chi connectivity index (χ0) is 12.3. The summed E-state index contributed by atoms with van der Waals surface area (Å²) in [4.78, 5) is 29.7. The van der Waals surface area contributed by atoms with Gasteiger partial charge in [-0.2, -0.15) is 0 Å². The van der Waals surface area contributed by atoms with Crippen LogP contribution in [0.4, 0.5) is 0 Å². The third-order valence-corrected chi connectivity index (χ3v) is 3.55. The highest BCUT2D eigenvalue weighted by Crippen LogP contribution is 2.26. The highest BCUT2D eigenvalue weighted by Gasteiger charge is 2.28. The molecule has 1 aliphatic heterocycles. The fourth-order valence-electron chi connectivity index (χ4n) is 1.64. The summed E-state index contributed by atoms with van der Waals surface area (Å²) in [5.41, 5.74) is 0.599. The van der Waals surface area contributed by atoms with Crippen LogP contribution in [0.2, 0.25) is 0 Å². The Morgan fingerprint density at radius 2 is 2.41 bits per heavy atom. The molecule has 1 N–H and O–H groups in total. The summed E-state index contributed by atoms with van der Waals surface area (Å²) in [7, 11) is 0. The number of hydrogen-bond donors (Lipinski definition) is 1. The first-order valence-electron chi connectivity index (χ1n) is 5.62. The van der Waals surface area contributed by atoms with E-state index >= 15 is 0 Å². The van der Waals surface area contributed by atoms with Gasteiger partial charge in [0, 0.05) is 18.2 Å². The van der Waals surface area contributed by atoms with Gasteiger partial charge in [-0.15, -0.1) is 0 Å². The minimum atomic E-state index is -0.241. The summed E-state index contributed by atoms with van der Waals surface area (Å²) >= 11 is 1.27. The first-order valence-corrected chi connectivity index (χ1v) is 6.50. The van der Waals surface area contributed by atoms with Crippen molar-refractivity contribution >= 4 is 17.7 Å². The Kier molecular flexibility index (Phi) is 3.83. The molecule has 1 atom stereocenters. The number of aromatic amines is 1. The highest BCUT2D eigenvalue weighted by molar-refractivity contribution is 8.00. The molecule has 1 fully saturated rings. The monoisotopic (exact) mass is 254 g/mol. The molecule has 92 valence electrons.